The number of aryl methyl sites for hydroxylation is 1. The van der Waals surface area contributed by atoms with Crippen LogP contribution in [0.2, 0.25) is 0 Å². The van der Waals surface area contributed by atoms with Crippen molar-refractivity contribution in [1.82, 2.24) is 10.2 Å². The van der Waals surface area contributed by atoms with Crippen LogP contribution in [0.3, 0.4) is 0 Å². The quantitative estimate of drug-likeness (QED) is 0.747. The van der Waals surface area contributed by atoms with E-state index in [1.165, 1.54) is 10.5 Å². The predicted octanol–water partition coefficient (Wildman–Crippen LogP) is 4.47. The Morgan fingerprint density at radius 2 is 1.76 bits per heavy atom. The van der Waals surface area contributed by atoms with Gasteiger partial charge >= 0.3 is 12.3 Å². The summed E-state index contributed by atoms with van der Waals surface area (Å²) in [6.45, 7) is 4.97. The van der Waals surface area contributed by atoms with Crippen LogP contribution in [0.15, 0.2) is 24.3 Å². The number of nitrogens with zero attached hydrogens (tertiary/aromatic N) is 1. The molecule has 1 aliphatic heterocycles. The number of carbonyl (C=O) groups excluding carboxylic acids is 2. The zero-order chi connectivity index (χ0) is 21.6. The topological polar surface area (TPSA) is 58.6 Å². The van der Waals surface area contributed by atoms with Crippen LogP contribution in [-0.2, 0) is 16.0 Å². The van der Waals surface area contributed by atoms with E-state index in [-0.39, 0.29) is 36.9 Å². The van der Waals surface area contributed by atoms with Gasteiger partial charge in [-0.3, -0.25) is 4.79 Å². The summed E-state index contributed by atoms with van der Waals surface area (Å²) < 4.78 is 40.8. The van der Waals surface area contributed by atoms with Crippen molar-refractivity contribution in [3.8, 4) is 0 Å². The predicted molar refractivity (Wildman–Crippen MR) is 103 cm³/mol. The fourth-order valence-electron chi connectivity index (χ4n) is 3.43. The first-order valence-electron chi connectivity index (χ1n) is 9.98. The summed E-state index contributed by atoms with van der Waals surface area (Å²) in [6, 6.07) is 8.05. The number of likely N-dealkylation sites (tertiary alicyclic amines) is 1. The molecule has 2 rings (SSSR count). The summed E-state index contributed by atoms with van der Waals surface area (Å²) >= 11 is 0. The van der Waals surface area contributed by atoms with Crippen LogP contribution in [0.25, 0.3) is 0 Å². The fraction of sp³-hybridized carbons (Fsp3) is 0.619. The minimum Gasteiger partial charge on any atom is -0.440 e. The molecule has 5 nitrogen and oxygen atoms in total. The highest BCUT2D eigenvalue weighted by Crippen LogP contribution is 2.25. The SMILES string of the molecule is CCc1ccc(C(NC(=O)C2CCN(C(=O)OCC(F)(F)F)CC2)C(C)C)cc1. The number of amides is 2. The molecule has 0 bridgehead atoms. The van der Waals surface area contributed by atoms with Gasteiger partial charge in [-0.2, -0.15) is 13.2 Å². The van der Waals surface area contributed by atoms with Crippen LogP contribution in [0, 0.1) is 11.8 Å². The van der Waals surface area contributed by atoms with Crippen LogP contribution in [0.1, 0.15) is 50.8 Å². The van der Waals surface area contributed by atoms with E-state index in [0.717, 1.165) is 12.0 Å². The molecule has 0 saturated carbocycles. The average Bonchev–Trinajstić information content (AvgIpc) is 2.69. The lowest BCUT2D eigenvalue weighted by molar-refractivity contribution is -0.162. The highest BCUT2D eigenvalue weighted by atomic mass is 19.4. The molecule has 1 heterocycles. The number of nitrogens with one attached hydrogen (secondary N) is 1. The maximum atomic E-state index is 12.7. The van der Waals surface area contributed by atoms with Crippen molar-refractivity contribution < 1.29 is 27.5 Å². The summed E-state index contributed by atoms with van der Waals surface area (Å²) in [5, 5.41) is 3.11. The largest absolute Gasteiger partial charge is 0.440 e. The monoisotopic (exact) mass is 414 g/mol. The third-order valence-electron chi connectivity index (χ3n) is 5.19. The van der Waals surface area contributed by atoms with E-state index in [4.69, 9.17) is 0 Å². The molecule has 0 aliphatic carbocycles. The van der Waals surface area contributed by atoms with E-state index < -0.39 is 18.9 Å². The zero-order valence-electron chi connectivity index (χ0n) is 17.1. The molecule has 1 saturated heterocycles. The minimum atomic E-state index is -4.55. The normalized spacial score (nSPS) is 16.6. The molecule has 162 valence electrons. The first kappa shape index (κ1) is 23.0. The summed E-state index contributed by atoms with van der Waals surface area (Å²) in [7, 11) is 0. The first-order valence-corrected chi connectivity index (χ1v) is 9.98. The van der Waals surface area contributed by atoms with Crippen LogP contribution in [-0.4, -0.2) is 42.8 Å². The lowest BCUT2D eigenvalue weighted by atomic mass is 9.92. The number of hydrogen-bond donors (Lipinski definition) is 1. The molecule has 1 unspecified atom stereocenters. The number of rotatable bonds is 6. The van der Waals surface area contributed by atoms with Gasteiger partial charge in [0.15, 0.2) is 6.61 Å². The van der Waals surface area contributed by atoms with Crippen LogP contribution in [0.4, 0.5) is 18.0 Å². The second-order valence-corrected chi connectivity index (χ2v) is 7.76. The minimum absolute atomic E-state index is 0.0911. The van der Waals surface area contributed by atoms with Gasteiger partial charge in [0.2, 0.25) is 5.91 Å². The fourth-order valence-corrected chi connectivity index (χ4v) is 3.43. The van der Waals surface area contributed by atoms with E-state index >= 15 is 0 Å². The van der Waals surface area contributed by atoms with Gasteiger partial charge in [-0.15, -0.1) is 0 Å². The van der Waals surface area contributed by atoms with E-state index in [1.54, 1.807) is 0 Å². The molecule has 1 aromatic rings. The lowest BCUT2D eigenvalue weighted by Gasteiger charge is -2.32. The number of piperidine rings is 1. The second kappa shape index (κ2) is 9.98. The average molecular weight is 414 g/mol. The smallest absolute Gasteiger partial charge is 0.422 e. The Kier molecular flexibility index (Phi) is 7.93. The van der Waals surface area contributed by atoms with Crippen molar-refractivity contribution in [2.24, 2.45) is 11.8 Å². The molecule has 29 heavy (non-hydrogen) atoms. The molecule has 1 atom stereocenters. The van der Waals surface area contributed by atoms with Crippen molar-refractivity contribution in [3.63, 3.8) is 0 Å². The molecule has 1 aromatic carbocycles. The van der Waals surface area contributed by atoms with E-state index in [9.17, 15) is 22.8 Å². The highest BCUT2D eigenvalue weighted by molar-refractivity contribution is 5.79. The molecule has 0 spiro atoms. The Balaban J connectivity index is 1.89. The Labute approximate surface area is 169 Å². The Bertz CT molecular complexity index is 681. The molecular formula is C21H29F3N2O3. The van der Waals surface area contributed by atoms with E-state index in [2.05, 4.69) is 29.1 Å². The molecular weight excluding hydrogens is 385 g/mol. The van der Waals surface area contributed by atoms with Crippen molar-refractivity contribution in [1.29, 1.82) is 0 Å². The second-order valence-electron chi connectivity index (χ2n) is 7.76. The number of hydrogen-bond acceptors (Lipinski definition) is 3. The summed E-state index contributed by atoms with van der Waals surface area (Å²) in [6.07, 6.45) is -3.80. The van der Waals surface area contributed by atoms with Crippen LogP contribution in [0.5, 0.6) is 0 Å². The summed E-state index contributed by atoms with van der Waals surface area (Å²) in [4.78, 5) is 25.7. The molecule has 2 amide bonds. The summed E-state index contributed by atoms with van der Waals surface area (Å²) in [5.41, 5.74) is 2.27. The number of alkyl halides is 3. The highest BCUT2D eigenvalue weighted by Gasteiger charge is 2.33. The van der Waals surface area contributed by atoms with Crippen molar-refractivity contribution >= 4 is 12.0 Å². The van der Waals surface area contributed by atoms with Crippen molar-refractivity contribution in [3.05, 3.63) is 35.4 Å². The zero-order valence-corrected chi connectivity index (χ0v) is 17.1. The van der Waals surface area contributed by atoms with Crippen molar-refractivity contribution in [2.45, 2.75) is 52.3 Å². The van der Waals surface area contributed by atoms with Gasteiger partial charge in [-0.05, 0) is 36.3 Å². The van der Waals surface area contributed by atoms with Crippen LogP contribution >= 0.6 is 0 Å². The van der Waals surface area contributed by atoms with Gasteiger partial charge in [-0.1, -0.05) is 45.0 Å². The van der Waals surface area contributed by atoms with Gasteiger partial charge < -0.3 is 15.0 Å². The number of carbonyl (C=O) groups is 2. The van der Waals surface area contributed by atoms with E-state index in [1.807, 2.05) is 26.0 Å². The molecule has 0 radical (unpaired) electrons. The number of benzene rings is 1. The first-order chi connectivity index (χ1) is 13.6. The maximum Gasteiger partial charge on any atom is 0.422 e. The van der Waals surface area contributed by atoms with Gasteiger partial charge in [0, 0.05) is 19.0 Å². The van der Waals surface area contributed by atoms with E-state index in [0.29, 0.717) is 12.8 Å². The van der Waals surface area contributed by atoms with Gasteiger partial charge in [-0.25, -0.2) is 4.79 Å². The molecule has 0 aromatic heterocycles. The Morgan fingerprint density at radius 1 is 1.17 bits per heavy atom. The number of halogens is 3. The van der Waals surface area contributed by atoms with Gasteiger partial charge in [0.05, 0.1) is 6.04 Å². The van der Waals surface area contributed by atoms with Crippen molar-refractivity contribution in [2.75, 3.05) is 19.7 Å². The molecule has 1 aliphatic rings. The van der Waals surface area contributed by atoms with Gasteiger partial charge in [0.1, 0.15) is 0 Å². The standard InChI is InChI=1S/C21H29F3N2O3/c1-4-15-5-7-16(8-6-15)18(14(2)3)25-19(27)17-9-11-26(12-10-17)20(28)29-13-21(22,23)24/h5-8,14,17-18H,4,9-13H2,1-3H3,(H,25,27). The molecule has 8 heteroatoms. The maximum absolute atomic E-state index is 12.7. The Morgan fingerprint density at radius 3 is 2.24 bits per heavy atom. The molecule has 1 fully saturated rings. The number of ether oxygens (including phenoxy) is 1. The third-order valence-corrected chi connectivity index (χ3v) is 5.19. The third kappa shape index (κ3) is 6.94. The van der Waals surface area contributed by atoms with Gasteiger partial charge in [0.25, 0.3) is 0 Å². The lowest BCUT2D eigenvalue weighted by Crippen LogP contribution is -2.45. The summed E-state index contributed by atoms with van der Waals surface area (Å²) in [5.74, 6) is -0.173. The Hall–Kier alpha value is -2.25. The van der Waals surface area contributed by atoms with Crippen LogP contribution < -0.4 is 5.32 Å². The molecule has 1 N–H and O–H groups in total.